The van der Waals surface area contributed by atoms with E-state index >= 15 is 0 Å². The van der Waals surface area contributed by atoms with E-state index in [-0.39, 0.29) is 17.6 Å². The Morgan fingerprint density at radius 1 is 0.900 bits per heavy atom. The smallest absolute Gasteiger partial charge is 0.227 e. The summed E-state index contributed by atoms with van der Waals surface area (Å²) in [6.45, 7) is 0. The maximum Gasteiger partial charge on any atom is 0.227 e. The van der Waals surface area contributed by atoms with Gasteiger partial charge < -0.3 is 5.32 Å². The second kappa shape index (κ2) is 9.84. The standard InChI is InChI=1S/C26H30N2O2/c29-23-17-16-21-24(19-12-8-6-3-7-9-13-19)22(18-27-25(21)23)28-26(30)20-14-10-4-1-2-5-11-15-20/h3,6-9,12-13,18,20H,1-2,4-5,10-11,14-17H2,(H,28,30)/b6-3-,7-3?,8-6?,9-7-,12-8?,13-9?,19-12?,19-13?. The van der Waals surface area contributed by atoms with Gasteiger partial charge in [-0.1, -0.05) is 81.1 Å². The fraction of sp³-hybridized carbons (Fsp3) is 0.423. The van der Waals surface area contributed by atoms with Crippen LogP contribution in [0.2, 0.25) is 0 Å². The van der Waals surface area contributed by atoms with E-state index in [2.05, 4.69) is 10.3 Å². The van der Waals surface area contributed by atoms with Crippen LogP contribution < -0.4 is 5.32 Å². The normalized spacial score (nSPS) is 22.0. The number of nitrogens with zero attached hydrogens (tertiary/aromatic N) is 1. The van der Waals surface area contributed by atoms with Crippen molar-refractivity contribution in [3.63, 3.8) is 0 Å². The molecule has 4 rings (SSSR count). The SMILES string of the molecule is O=C1CCc2c1ncc(NC(=O)C1CCCCCCCC1)c2C1=C/C=C\C=C/C=C1. The first-order chi connectivity index (χ1) is 14.7. The van der Waals surface area contributed by atoms with Gasteiger partial charge in [-0.3, -0.25) is 14.6 Å². The first-order valence-corrected chi connectivity index (χ1v) is 11.3. The van der Waals surface area contributed by atoms with Crippen LogP contribution in [0, 0.1) is 5.92 Å². The molecule has 0 saturated heterocycles. The lowest BCUT2D eigenvalue weighted by atomic mass is 9.94. The van der Waals surface area contributed by atoms with E-state index in [1.807, 2.05) is 42.5 Å². The van der Waals surface area contributed by atoms with Crippen molar-refractivity contribution < 1.29 is 9.59 Å². The molecule has 1 aromatic heterocycles. The van der Waals surface area contributed by atoms with Gasteiger partial charge in [0.25, 0.3) is 0 Å². The van der Waals surface area contributed by atoms with Crippen LogP contribution in [0.1, 0.15) is 79.4 Å². The minimum absolute atomic E-state index is 0.0514. The van der Waals surface area contributed by atoms with E-state index in [9.17, 15) is 9.59 Å². The number of hydrogen-bond acceptors (Lipinski definition) is 3. The second-order valence-electron chi connectivity index (χ2n) is 8.43. The number of nitrogens with one attached hydrogen (secondary N) is 1. The van der Waals surface area contributed by atoms with E-state index in [1.54, 1.807) is 6.20 Å². The van der Waals surface area contributed by atoms with Crippen LogP contribution in [0.4, 0.5) is 5.69 Å². The van der Waals surface area contributed by atoms with Gasteiger partial charge in [0.2, 0.25) is 5.91 Å². The number of carbonyl (C=O) groups excluding carboxylic acids is 2. The predicted molar refractivity (Wildman–Crippen MR) is 121 cm³/mol. The molecule has 4 nitrogen and oxygen atoms in total. The van der Waals surface area contributed by atoms with Crippen molar-refractivity contribution in [3.8, 4) is 0 Å². The highest BCUT2D eigenvalue weighted by atomic mass is 16.2. The zero-order valence-corrected chi connectivity index (χ0v) is 17.5. The van der Waals surface area contributed by atoms with Gasteiger partial charge in [0.15, 0.2) is 5.78 Å². The summed E-state index contributed by atoms with van der Waals surface area (Å²) in [7, 11) is 0. The van der Waals surface area contributed by atoms with Gasteiger partial charge >= 0.3 is 0 Å². The number of aromatic nitrogens is 1. The Labute approximate surface area is 178 Å². The minimum atomic E-state index is 0.0514. The molecule has 0 aliphatic heterocycles. The Morgan fingerprint density at radius 3 is 2.40 bits per heavy atom. The number of pyridine rings is 1. The Bertz CT molecular complexity index is 927. The van der Waals surface area contributed by atoms with Crippen molar-refractivity contribution in [2.75, 3.05) is 5.32 Å². The molecule has 1 N–H and O–H groups in total. The van der Waals surface area contributed by atoms with Crippen LogP contribution in [0.5, 0.6) is 0 Å². The number of hydrogen-bond donors (Lipinski definition) is 1. The third kappa shape index (κ3) is 4.69. The molecule has 30 heavy (non-hydrogen) atoms. The summed E-state index contributed by atoms with van der Waals surface area (Å²) in [5, 5.41) is 3.20. The Kier molecular flexibility index (Phi) is 6.73. The molecular formula is C26H30N2O2. The van der Waals surface area contributed by atoms with Crippen molar-refractivity contribution in [1.29, 1.82) is 0 Å². The van der Waals surface area contributed by atoms with Crippen LogP contribution in [-0.4, -0.2) is 16.7 Å². The predicted octanol–water partition coefficient (Wildman–Crippen LogP) is 5.97. The zero-order valence-electron chi connectivity index (χ0n) is 17.5. The van der Waals surface area contributed by atoms with E-state index in [0.717, 1.165) is 48.1 Å². The molecule has 0 unspecified atom stereocenters. The Balaban J connectivity index is 1.66. The van der Waals surface area contributed by atoms with Gasteiger partial charge in [0, 0.05) is 17.9 Å². The van der Waals surface area contributed by atoms with E-state index in [4.69, 9.17) is 0 Å². The molecule has 4 heteroatoms. The monoisotopic (exact) mass is 402 g/mol. The van der Waals surface area contributed by atoms with Gasteiger partial charge in [0.1, 0.15) is 5.69 Å². The lowest BCUT2D eigenvalue weighted by molar-refractivity contribution is -0.120. The highest BCUT2D eigenvalue weighted by Crippen LogP contribution is 2.35. The summed E-state index contributed by atoms with van der Waals surface area (Å²) in [5.74, 6) is 0.233. The average molecular weight is 403 g/mol. The maximum atomic E-state index is 13.2. The fourth-order valence-corrected chi connectivity index (χ4v) is 4.68. The first kappa shape index (κ1) is 20.5. The van der Waals surface area contributed by atoms with E-state index < -0.39 is 0 Å². The van der Waals surface area contributed by atoms with E-state index in [0.29, 0.717) is 18.5 Å². The summed E-state index contributed by atoms with van der Waals surface area (Å²) in [6.07, 6.45) is 26.0. The second-order valence-corrected chi connectivity index (χ2v) is 8.43. The van der Waals surface area contributed by atoms with Crippen molar-refractivity contribution in [2.24, 2.45) is 5.92 Å². The number of ketones is 1. The molecule has 1 saturated carbocycles. The summed E-state index contributed by atoms with van der Waals surface area (Å²) >= 11 is 0. The van der Waals surface area contributed by atoms with Gasteiger partial charge in [-0.2, -0.15) is 0 Å². The first-order valence-electron chi connectivity index (χ1n) is 11.3. The van der Waals surface area contributed by atoms with Crippen LogP contribution in [-0.2, 0) is 11.2 Å². The zero-order chi connectivity index (χ0) is 20.8. The van der Waals surface area contributed by atoms with Crippen LogP contribution in [0.3, 0.4) is 0 Å². The third-order valence-electron chi connectivity index (χ3n) is 6.31. The molecule has 0 atom stereocenters. The summed E-state index contributed by atoms with van der Waals surface area (Å²) in [4.78, 5) is 29.9. The lowest BCUT2D eigenvalue weighted by Gasteiger charge is -2.19. The molecule has 1 heterocycles. The number of anilines is 1. The molecule has 3 aliphatic rings. The molecule has 1 aromatic rings. The quantitative estimate of drug-likeness (QED) is 0.678. The van der Waals surface area contributed by atoms with Gasteiger partial charge in [-0.05, 0) is 30.4 Å². The van der Waals surface area contributed by atoms with Crippen molar-refractivity contribution in [2.45, 2.75) is 64.2 Å². The molecular weight excluding hydrogens is 372 g/mol. The topological polar surface area (TPSA) is 59.1 Å². The number of allylic oxidation sites excluding steroid dienone is 8. The van der Waals surface area contributed by atoms with Gasteiger partial charge in [-0.25, -0.2) is 0 Å². The van der Waals surface area contributed by atoms with Gasteiger partial charge in [-0.15, -0.1) is 0 Å². The highest BCUT2D eigenvalue weighted by Gasteiger charge is 2.28. The molecule has 156 valence electrons. The van der Waals surface area contributed by atoms with Crippen molar-refractivity contribution >= 4 is 23.0 Å². The van der Waals surface area contributed by atoms with E-state index in [1.165, 1.54) is 25.7 Å². The Morgan fingerprint density at radius 2 is 1.60 bits per heavy atom. The number of Topliss-reactive ketones (excluding diaryl/α,β-unsaturated/α-hetero) is 1. The van der Waals surface area contributed by atoms with Crippen molar-refractivity contribution in [3.05, 3.63) is 65.5 Å². The van der Waals surface area contributed by atoms with Gasteiger partial charge in [0.05, 0.1) is 11.9 Å². The average Bonchev–Trinajstić information content (AvgIpc) is 3.15. The number of fused-ring (bicyclic) bond motifs is 1. The number of amides is 1. The molecule has 0 aromatic carbocycles. The molecule has 0 bridgehead atoms. The van der Waals surface area contributed by atoms with Crippen LogP contribution in [0.25, 0.3) is 5.57 Å². The minimum Gasteiger partial charge on any atom is -0.324 e. The number of rotatable bonds is 3. The highest BCUT2D eigenvalue weighted by molar-refractivity contribution is 6.03. The van der Waals surface area contributed by atoms with Crippen LogP contribution >= 0.6 is 0 Å². The number of carbonyl (C=O) groups is 2. The Hall–Kier alpha value is -2.75. The summed E-state index contributed by atoms with van der Waals surface area (Å²) in [5.41, 5.74) is 4.18. The summed E-state index contributed by atoms with van der Waals surface area (Å²) < 4.78 is 0. The van der Waals surface area contributed by atoms with Crippen LogP contribution in [0.15, 0.2) is 48.7 Å². The lowest BCUT2D eigenvalue weighted by Crippen LogP contribution is -2.24. The molecule has 1 amide bonds. The molecule has 0 spiro atoms. The largest absolute Gasteiger partial charge is 0.324 e. The fourth-order valence-electron chi connectivity index (χ4n) is 4.68. The van der Waals surface area contributed by atoms with Crippen molar-refractivity contribution in [1.82, 2.24) is 4.98 Å². The molecule has 0 radical (unpaired) electrons. The summed E-state index contributed by atoms with van der Waals surface area (Å²) in [6, 6.07) is 0. The third-order valence-corrected chi connectivity index (χ3v) is 6.31. The molecule has 3 aliphatic carbocycles. The molecule has 1 fully saturated rings. The maximum absolute atomic E-state index is 13.2.